The minimum Gasteiger partial charge on any atom is -0.468 e. The van der Waals surface area contributed by atoms with Gasteiger partial charge in [-0.2, -0.15) is 0 Å². The maximum Gasteiger partial charge on any atom is 0.442 e. The summed E-state index contributed by atoms with van der Waals surface area (Å²) in [6, 6.07) is 23.3. The molecule has 4 aromatic carbocycles. The van der Waals surface area contributed by atoms with E-state index in [0.717, 1.165) is 38.9 Å². The molecule has 0 radical (unpaired) electrons. The van der Waals surface area contributed by atoms with E-state index in [2.05, 4.69) is 79.7 Å². The van der Waals surface area contributed by atoms with Crippen molar-refractivity contribution < 1.29 is 32.7 Å². The highest BCUT2D eigenvalue weighted by molar-refractivity contribution is 7.55. The molecule has 1 aliphatic heterocycles. The Kier molecular flexibility index (Phi) is 8.42. The predicted molar refractivity (Wildman–Crippen MR) is 203 cm³/mol. The first-order valence-corrected chi connectivity index (χ1v) is 19.4. The third-order valence-corrected chi connectivity index (χ3v) is 12.8. The van der Waals surface area contributed by atoms with Gasteiger partial charge in [0.05, 0.1) is 14.2 Å². The summed E-state index contributed by atoms with van der Waals surface area (Å²) in [5, 5.41) is 0. The van der Waals surface area contributed by atoms with E-state index < -0.39 is 30.6 Å². The molecule has 3 aliphatic rings. The Morgan fingerprint density at radius 3 is 1.73 bits per heavy atom. The molecule has 4 aromatic rings. The van der Waals surface area contributed by atoms with Crippen LogP contribution in [0.15, 0.2) is 78.4 Å². The van der Waals surface area contributed by atoms with Crippen LogP contribution in [0.1, 0.15) is 103 Å². The first kappa shape index (κ1) is 35.8. The van der Waals surface area contributed by atoms with Gasteiger partial charge in [0.15, 0.2) is 0 Å². The van der Waals surface area contributed by atoms with Gasteiger partial charge in [0.25, 0.3) is 0 Å². The Labute approximate surface area is 306 Å². The summed E-state index contributed by atoms with van der Waals surface area (Å²) >= 11 is 0. The fraction of sp³-hybridized carbons (Fsp3) is 0.364. The summed E-state index contributed by atoms with van der Waals surface area (Å²) in [4.78, 5) is 28.6. The highest BCUT2D eigenvalue weighted by Crippen LogP contribution is 2.72. The number of carbonyl (C=O) groups excluding carboxylic acids is 2. The number of allylic oxidation sites excluding steroid dienone is 1. The Bertz CT molecular complexity index is 2160. The van der Waals surface area contributed by atoms with Gasteiger partial charge < -0.3 is 18.5 Å². The maximum absolute atomic E-state index is 16.6. The number of methoxy groups -OCH3 is 2. The zero-order chi connectivity index (χ0) is 37.5. The van der Waals surface area contributed by atoms with E-state index in [4.69, 9.17) is 18.5 Å². The first-order chi connectivity index (χ1) is 24.4. The second kappa shape index (κ2) is 12.2. The summed E-state index contributed by atoms with van der Waals surface area (Å²) in [7, 11) is -1.81. The lowest BCUT2D eigenvalue weighted by Crippen LogP contribution is -2.48. The van der Waals surface area contributed by atoms with Crippen molar-refractivity contribution >= 4 is 25.1 Å². The van der Waals surface area contributed by atoms with Gasteiger partial charge in [-0.1, -0.05) is 125 Å². The third-order valence-electron chi connectivity index (χ3n) is 10.7. The van der Waals surface area contributed by atoms with E-state index in [-0.39, 0.29) is 10.8 Å². The normalized spacial score (nSPS) is 18.2. The van der Waals surface area contributed by atoms with E-state index in [1.807, 2.05) is 36.4 Å². The van der Waals surface area contributed by atoms with E-state index in [0.29, 0.717) is 52.2 Å². The molecule has 0 fully saturated rings. The molecule has 0 N–H and O–H groups in total. The average Bonchev–Trinajstić information content (AvgIpc) is 3.42. The van der Waals surface area contributed by atoms with Crippen molar-refractivity contribution in [2.24, 2.45) is 0 Å². The molecule has 1 heterocycles. The van der Waals surface area contributed by atoms with Gasteiger partial charge >= 0.3 is 19.5 Å². The quantitative estimate of drug-likeness (QED) is 0.118. The zero-order valence-corrected chi connectivity index (χ0v) is 32.6. The number of aryl methyl sites for hydroxylation is 2. The van der Waals surface area contributed by atoms with Crippen LogP contribution in [0.4, 0.5) is 0 Å². The van der Waals surface area contributed by atoms with Crippen LogP contribution in [0, 0.1) is 13.8 Å². The van der Waals surface area contributed by atoms with E-state index >= 15 is 4.57 Å². The van der Waals surface area contributed by atoms with Crippen molar-refractivity contribution in [3.63, 3.8) is 0 Å². The molecule has 0 saturated heterocycles. The lowest BCUT2D eigenvalue weighted by atomic mass is 9.65. The van der Waals surface area contributed by atoms with Crippen molar-refractivity contribution in [2.45, 2.75) is 90.1 Å². The van der Waals surface area contributed by atoms with E-state index in [1.165, 1.54) is 14.2 Å². The summed E-state index contributed by atoms with van der Waals surface area (Å²) < 4.78 is 41.6. The highest BCUT2D eigenvalue weighted by Gasteiger charge is 2.63. The van der Waals surface area contributed by atoms with Crippen molar-refractivity contribution in [1.82, 2.24) is 0 Å². The van der Waals surface area contributed by atoms with Crippen molar-refractivity contribution in [3.8, 4) is 11.5 Å². The summed E-state index contributed by atoms with van der Waals surface area (Å²) in [5.41, 5.74) is 5.67. The summed E-state index contributed by atoms with van der Waals surface area (Å²) in [5.74, 6) is -0.473. The van der Waals surface area contributed by atoms with Crippen molar-refractivity contribution in [1.29, 1.82) is 0 Å². The Morgan fingerprint density at radius 1 is 0.712 bits per heavy atom. The number of carbonyl (C=O) groups is 2. The Balaban J connectivity index is 1.60. The standard InChI is InChI=1S/C44H47O7P/c1-25-19-28-23-29-20-26(2)22-35(43(6,7)8)38(29)51-52(47,50-37(28)34(21-25)42(3,4)5)39-31-17-13-12-16-30(31)36-32(39)24-27-15-11-14-18-33(27)44(36,40(45)48-9)41(46)49-10/h11-22,39H,23-24H2,1-10H3/t39-/m0/s1. The molecule has 7 nitrogen and oxygen atoms in total. The minimum absolute atomic E-state index is 0.303. The van der Waals surface area contributed by atoms with Gasteiger partial charge in [0, 0.05) is 17.5 Å². The van der Waals surface area contributed by atoms with Gasteiger partial charge in [-0.25, -0.2) is 4.57 Å². The number of fused-ring (bicyclic) bond motifs is 5. The van der Waals surface area contributed by atoms with Crippen LogP contribution in [0.25, 0.3) is 5.57 Å². The minimum atomic E-state index is -4.35. The number of hydrogen-bond acceptors (Lipinski definition) is 7. The molecular formula is C44H47O7P. The van der Waals surface area contributed by atoms with Crippen LogP contribution in [0.5, 0.6) is 11.5 Å². The zero-order valence-electron chi connectivity index (χ0n) is 31.7. The molecule has 7 rings (SSSR count). The number of rotatable bonds is 3. The monoisotopic (exact) mass is 718 g/mol. The molecule has 0 spiro atoms. The molecule has 270 valence electrons. The molecule has 0 aromatic heterocycles. The van der Waals surface area contributed by atoms with Crippen LogP contribution < -0.4 is 9.05 Å². The smallest absolute Gasteiger partial charge is 0.442 e. The van der Waals surface area contributed by atoms with Gasteiger partial charge in [-0.05, 0) is 75.6 Å². The molecule has 0 unspecified atom stereocenters. The first-order valence-electron chi connectivity index (χ1n) is 17.8. The van der Waals surface area contributed by atoms with Crippen LogP contribution in [-0.4, -0.2) is 26.2 Å². The van der Waals surface area contributed by atoms with Crippen LogP contribution in [-0.2, 0) is 52.7 Å². The molecule has 2 aliphatic carbocycles. The maximum atomic E-state index is 16.6. The van der Waals surface area contributed by atoms with Gasteiger partial charge in [0.1, 0.15) is 17.2 Å². The van der Waals surface area contributed by atoms with Crippen LogP contribution in [0.3, 0.4) is 0 Å². The lowest BCUT2D eigenvalue weighted by molar-refractivity contribution is -0.158. The Hall–Kier alpha value is -4.61. The molecule has 1 atom stereocenters. The highest BCUT2D eigenvalue weighted by atomic mass is 31.2. The largest absolute Gasteiger partial charge is 0.468 e. The third kappa shape index (κ3) is 5.34. The molecule has 8 heteroatoms. The predicted octanol–water partition coefficient (Wildman–Crippen LogP) is 9.80. The van der Waals surface area contributed by atoms with E-state index in [1.54, 1.807) is 12.1 Å². The summed E-state index contributed by atoms with van der Waals surface area (Å²) in [6.07, 6.45) is 0.827. The Morgan fingerprint density at radius 2 is 1.21 bits per heavy atom. The fourth-order valence-corrected chi connectivity index (χ4v) is 10.9. The second-order valence-electron chi connectivity index (χ2n) is 16.5. The molecular weight excluding hydrogens is 671 g/mol. The average molecular weight is 719 g/mol. The van der Waals surface area contributed by atoms with Gasteiger partial charge in [-0.15, -0.1) is 0 Å². The summed E-state index contributed by atoms with van der Waals surface area (Å²) in [6.45, 7) is 16.9. The van der Waals surface area contributed by atoms with Crippen LogP contribution in [0.2, 0.25) is 0 Å². The fourth-order valence-electron chi connectivity index (χ4n) is 8.52. The molecule has 0 amide bonds. The van der Waals surface area contributed by atoms with Gasteiger partial charge in [-0.3, -0.25) is 9.59 Å². The molecule has 0 saturated carbocycles. The number of esters is 2. The topological polar surface area (TPSA) is 88.1 Å². The second-order valence-corrected chi connectivity index (χ2v) is 18.4. The number of hydrogen-bond donors (Lipinski definition) is 0. The van der Waals surface area contributed by atoms with Crippen molar-refractivity contribution in [2.75, 3.05) is 14.2 Å². The van der Waals surface area contributed by atoms with Crippen molar-refractivity contribution in [3.05, 3.63) is 134 Å². The number of benzene rings is 4. The number of ether oxygens (including phenoxy) is 2. The molecule has 52 heavy (non-hydrogen) atoms. The molecule has 0 bridgehead atoms. The lowest BCUT2D eigenvalue weighted by Gasteiger charge is -2.38. The van der Waals surface area contributed by atoms with Crippen LogP contribution >= 0.6 is 7.60 Å². The van der Waals surface area contributed by atoms with Gasteiger partial charge in [0.2, 0.25) is 5.41 Å². The van der Waals surface area contributed by atoms with E-state index in [9.17, 15) is 9.59 Å². The SMILES string of the molecule is COC(=O)C1(C(=O)OC)C2=C(Cc3ccccc31)[C@@H](P1(=O)Oc3c(cc(C)cc3C(C)(C)C)Cc3cc(C)cc(C(C)(C)C)c3O1)c1ccccc12.